The van der Waals surface area contributed by atoms with Crippen LogP contribution in [0.2, 0.25) is 0 Å². The van der Waals surface area contributed by atoms with Crippen LogP contribution in [-0.2, 0) is 0 Å². The number of anilines is 3. The maximum Gasteiger partial charge on any atom is 0.0547 e. The fraction of sp³-hybridized carbons (Fsp3) is 0. The highest BCUT2D eigenvalue weighted by Gasteiger charge is 2.21. The first-order valence-corrected chi connectivity index (χ1v) is 24.8. The van der Waals surface area contributed by atoms with E-state index in [0.29, 0.717) is 0 Å². The maximum absolute atomic E-state index is 2.48. The molecule has 0 radical (unpaired) electrons. The zero-order chi connectivity index (χ0) is 47.5. The first-order chi connectivity index (χ1) is 35.7. The van der Waals surface area contributed by atoms with E-state index in [0.717, 1.165) is 33.9 Å². The lowest BCUT2D eigenvalue weighted by Crippen LogP contribution is -2.11. The lowest BCUT2D eigenvalue weighted by molar-refractivity contribution is 1.18. The molecule has 13 aromatic carbocycles. The Morgan fingerprint density at radius 2 is 0.819 bits per heavy atom. The summed E-state index contributed by atoms with van der Waals surface area (Å²) in [6.07, 6.45) is 0. The Morgan fingerprint density at radius 1 is 0.250 bits per heavy atom. The van der Waals surface area contributed by atoms with Crippen LogP contribution in [0.15, 0.2) is 279 Å². The van der Waals surface area contributed by atoms with Crippen LogP contribution in [-0.4, -0.2) is 4.57 Å². The van der Waals surface area contributed by atoms with E-state index in [1.165, 1.54) is 98.3 Å². The SMILES string of the molecule is c1ccc(-c2ccc(-c3ccc(N(c4cccc(-c5cccc6ccccc56)c4)c4ccc(-c5ccc6ccccc6c5)c5ccccc45)cc3)cc2-n2c3ccccc3c3c4ccccc4ccc32)cc1. The van der Waals surface area contributed by atoms with Crippen molar-refractivity contribution in [1.82, 2.24) is 4.57 Å². The minimum Gasteiger partial charge on any atom is -0.310 e. The van der Waals surface area contributed by atoms with Crippen LogP contribution in [0, 0.1) is 0 Å². The van der Waals surface area contributed by atoms with Crippen molar-refractivity contribution in [2.45, 2.75) is 0 Å². The van der Waals surface area contributed by atoms with Crippen molar-refractivity contribution in [3.05, 3.63) is 279 Å². The molecule has 2 nitrogen and oxygen atoms in total. The fourth-order valence-corrected chi connectivity index (χ4v) is 11.4. The minimum absolute atomic E-state index is 1.08. The number of para-hydroxylation sites is 1. The first-order valence-electron chi connectivity index (χ1n) is 24.8. The Balaban J connectivity index is 0.940. The second-order valence-corrected chi connectivity index (χ2v) is 18.8. The van der Waals surface area contributed by atoms with Crippen molar-refractivity contribution in [1.29, 1.82) is 0 Å². The highest BCUT2D eigenvalue weighted by Crippen LogP contribution is 2.45. The summed E-state index contributed by atoms with van der Waals surface area (Å²) in [7, 11) is 0. The van der Waals surface area contributed by atoms with E-state index in [4.69, 9.17) is 0 Å². The molecule has 0 atom stereocenters. The lowest BCUT2D eigenvalue weighted by Gasteiger charge is -2.28. The Bertz CT molecular complexity index is 4390. The minimum atomic E-state index is 1.08. The van der Waals surface area contributed by atoms with Gasteiger partial charge < -0.3 is 9.47 Å². The molecule has 0 saturated heterocycles. The average Bonchev–Trinajstić information content (AvgIpc) is 3.80. The third-order valence-corrected chi connectivity index (χ3v) is 14.8. The van der Waals surface area contributed by atoms with Gasteiger partial charge in [-0.2, -0.15) is 0 Å². The largest absolute Gasteiger partial charge is 0.310 e. The van der Waals surface area contributed by atoms with Crippen molar-refractivity contribution in [2.75, 3.05) is 4.90 Å². The topological polar surface area (TPSA) is 8.17 Å². The first kappa shape index (κ1) is 41.5. The fourth-order valence-electron chi connectivity index (χ4n) is 11.4. The monoisotopic (exact) mass is 914 g/mol. The molecule has 0 fully saturated rings. The summed E-state index contributed by atoms with van der Waals surface area (Å²) in [5, 5.41) is 12.4. The van der Waals surface area contributed by atoms with E-state index in [1.807, 2.05) is 0 Å². The van der Waals surface area contributed by atoms with Gasteiger partial charge in [0, 0.05) is 33.1 Å². The Hall–Kier alpha value is -9.50. The average molecular weight is 915 g/mol. The zero-order valence-electron chi connectivity index (χ0n) is 39.5. The van der Waals surface area contributed by atoms with E-state index in [1.54, 1.807) is 0 Å². The molecule has 14 aromatic rings. The van der Waals surface area contributed by atoms with Gasteiger partial charge in [-0.05, 0) is 131 Å². The standard InChI is InChI=1S/C70H46N2/c1-2-17-50(18-3-1)61-40-36-53(46-69(61)72-66-31-13-12-29-65(66)70-62-26-9-7-20-51(62)37-42-68(70)72)48-34-38-56(39-35-48)71(57-24-14-23-54(45-57)59-30-15-22-49-19-6-8-25-58(49)59)67-43-41-60(63-27-10-11-28-64(63)67)55-33-32-47-16-4-5-21-52(47)44-55/h1-46H. The molecule has 2 heteroatoms. The van der Waals surface area contributed by atoms with Gasteiger partial charge in [0.1, 0.15) is 0 Å². The third kappa shape index (κ3) is 6.95. The second-order valence-electron chi connectivity index (χ2n) is 18.8. The van der Waals surface area contributed by atoms with Crippen LogP contribution in [0.25, 0.3) is 115 Å². The molecule has 0 aliphatic carbocycles. The van der Waals surface area contributed by atoms with Crippen LogP contribution >= 0.6 is 0 Å². The molecule has 1 heterocycles. The van der Waals surface area contributed by atoms with Crippen molar-refractivity contribution in [3.8, 4) is 50.2 Å². The van der Waals surface area contributed by atoms with Crippen LogP contribution in [0.3, 0.4) is 0 Å². The summed E-state index contributed by atoms with van der Waals surface area (Å²) in [5.74, 6) is 0. The second kappa shape index (κ2) is 17.2. The highest BCUT2D eigenvalue weighted by atomic mass is 15.1. The summed E-state index contributed by atoms with van der Waals surface area (Å²) in [6.45, 7) is 0. The van der Waals surface area contributed by atoms with Crippen LogP contribution in [0.4, 0.5) is 17.1 Å². The van der Waals surface area contributed by atoms with Gasteiger partial charge in [0.25, 0.3) is 0 Å². The molecular formula is C70H46N2. The molecule has 14 rings (SSSR count). The van der Waals surface area contributed by atoms with Gasteiger partial charge in [0.15, 0.2) is 0 Å². The molecule has 0 amide bonds. The number of fused-ring (bicyclic) bond motifs is 8. The van der Waals surface area contributed by atoms with E-state index in [-0.39, 0.29) is 0 Å². The molecule has 0 spiro atoms. The number of benzene rings is 13. The lowest BCUT2D eigenvalue weighted by atomic mass is 9.94. The normalized spacial score (nSPS) is 11.6. The van der Waals surface area contributed by atoms with Crippen LogP contribution in [0.5, 0.6) is 0 Å². The Labute approximate surface area is 418 Å². The Kier molecular flexibility index (Phi) is 9.89. The highest BCUT2D eigenvalue weighted by molar-refractivity contribution is 6.21. The molecule has 72 heavy (non-hydrogen) atoms. The summed E-state index contributed by atoms with van der Waals surface area (Å²) < 4.78 is 2.48. The summed E-state index contributed by atoms with van der Waals surface area (Å²) >= 11 is 0. The van der Waals surface area contributed by atoms with Gasteiger partial charge >= 0.3 is 0 Å². The van der Waals surface area contributed by atoms with Crippen LogP contribution in [0.1, 0.15) is 0 Å². The number of hydrogen-bond donors (Lipinski definition) is 0. The van der Waals surface area contributed by atoms with Crippen molar-refractivity contribution in [2.24, 2.45) is 0 Å². The smallest absolute Gasteiger partial charge is 0.0547 e. The molecule has 0 bridgehead atoms. The van der Waals surface area contributed by atoms with Crippen molar-refractivity contribution < 1.29 is 0 Å². The van der Waals surface area contributed by atoms with Crippen molar-refractivity contribution >= 4 is 82.0 Å². The van der Waals surface area contributed by atoms with E-state index >= 15 is 0 Å². The predicted molar refractivity (Wildman–Crippen MR) is 307 cm³/mol. The molecule has 0 saturated carbocycles. The van der Waals surface area contributed by atoms with Crippen LogP contribution < -0.4 is 4.90 Å². The molecule has 0 aliphatic heterocycles. The molecule has 0 N–H and O–H groups in total. The number of hydrogen-bond acceptors (Lipinski definition) is 1. The number of rotatable bonds is 8. The van der Waals surface area contributed by atoms with E-state index < -0.39 is 0 Å². The molecule has 1 aromatic heterocycles. The van der Waals surface area contributed by atoms with E-state index in [9.17, 15) is 0 Å². The molecular weight excluding hydrogens is 869 g/mol. The summed E-state index contributed by atoms with van der Waals surface area (Å²) in [6, 6.07) is 102. The molecule has 0 unspecified atom stereocenters. The van der Waals surface area contributed by atoms with Gasteiger partial charge in [0.05, 0.1) is 22.4 Å². The summed E-state index contributed by atoms with van der Waals surface area (Å²) in [4.78, 5) is 2.44. The Morgan fingerprint density at radius 3 is 1.65 bits per heavy atom. The summed E-state index contributed by atoms with van der Waals surface area (Å²) in [5.41, 5.74) is 16.3. The predicted octanol–water partition coefficient (Wildman–Crippen LogP) is 19.5. The van der Waals surface area contributed by atoms with Gasteiger partial charge in [-0.15, -0.1) is 0 Å². The van der Waals surface area contributed by atoms with Gasteiger partial charge in [-0.1, -0.05) is 224 Å². The quantitative estimate of drug-likeness (QED) is 0.147. The maximum atomic E-state index is 2.48. The van der Waals surface area contributed by atoms with Gasteiger partial charge in [-0.3, -0.25) is 0 Å². The van der Waals surface area contributed by atoms with Gasteiger partial charge in [0.2, 0.25) is 0 Å². The molecule has 336 valence electrons. The van der Waals surface area contributed by atoms with E-state index in [2.05, 4.69) is 289 Å². The third-order valence-electron chi connectivity index (χ3n) is 14.8. The van der Waals surface area contributed by atoms with Crippen molar-refractivity contribution in [3.63, 3.8) is 0 Å². The number of nitrogens with zero attached hydrogens (tertiary/aromatic N) is 2. The molecule has 0 aliphatic rings. The zero-order valence-corrected chi connectivity index (χ0v) is 39.5. The number of aromatic nitrogens is 1. The van der Waals surface area contributed by atoms with Gasteiger partial charge in [-0.25, -0.2) is 0 Å².